The van der Waals surface area contributed by atoms with Crippen LogP contribution in [-0.2, 0) is 0 Å². The van der Waals surface area contributed by atoms with Gasteiger partial charge in [0.2, 0.25) is 0 Å². The molecule has 0 spiro atoms. The summed E-state index contributed by atoms with van der Waals surface area (Å²) in [6.45, 7) is 3.62. The minimum atomic E-state index is 0.731. The van der Waals surface area contributed by atoms with E-state index in [0.717, 1.165) is 11.5 Å². The number of hydrogen-bond acceptors (Lipinski definition) is 1. The Morgan fingerprint density at radius 1 is 1.06 bits per heavy atom. The summed E-state index contributed by atoms with van der Waals surface area (Å²) in [6, 6.07) is 0.901. The quantitative estimate of drug-likeness (QED) is 0.576. The Balaban J connectivity index is 1.56. The van der Waals surface area contributed by atoms with Crippen LogP contribution in [0.25, 0.3) is 0 Å². The van der Waals surface area contributed by atoms with Gasteiger partial charge in [0.15, 0.2) is 0 Å². The van der Waals surface area contributed by atoms with Gasteiger partial charge in [-0.1, -0.05) is 45.4 Å². The maximum atomic E-state index is 3.75. The van der Waals surface area contributed by atoms with Crippen LogP contribution >= 0.6 is 0 Å². The number of nitrogens with one attached hydrogen (secondary N) is 1. The van der Waals surface area contributed by atoms with Crippen LogP contribution in [0.5, 0.6) is 0 Å². The van der Waals surface area contributed by atoms with Crippen LogP contribution in [0.2, 0.25) is 0 Å². The van der Waals surface area contributed by atoms with Crippen molar-refractivity contribution in [1.82, 2.24) is 5.32 Å². The molecular formula is C15H29N. The molecule has 1 heteroatoms. The predicted molar refractivity (Wildman–Crippen MR) is 70.7 cm³/mol. The summed E-state index contributed by atoms with van der Waals surface area (Å²) in [7, 11) is 0. The summed E-state index contributed by atoms with van der Waals surface area (Å²) in [5.41, 5.74) is 0.731. The van der Waals surface area contributed by atoms with E-state index in [1.54, 1.807) is 0 Å². The van der Waals surface area contributed by atoms with Gasteiger partial charge in [0.05, 0.1) is 0 Å². The number of hydrogen-bond donors (Lipinski definition) is 1. The zero-order valence-electron chi connectivity index (χ0n) is 11.1. The van der Waals surface area contributed by atoms with Gasteiger partial charge in [0.1, 0.15) is 0 Å². The van der Waals surface area contributed by atoms with Gasteiger partial charge in [-0.05, 0) is 37.5 Å². The van der Waals surface area contributed by atoms with E-state index in [2.05, 4.69) is 12.2 Å². The summed E-state index contributed by atoms with van der Waals surface area (Å²) in [4.78, 5) is 0. The number of unbranched alkanes of at least 4 members (excludes halogenated alkanes) is 4. The van der Waals surface area contributed by atoms with Crippen LogP contribution in [0.4, 0.5) is 0 Å². The Hall–Kier alpha value is -0.0400. The summed E-state index contributed by atoms with van der Waals surface area (Å²) in [6.07, 6.45) is 16.1. The lowest BCUT2D eigenvalue weighted by Crippen LogP contribution is -2.40. The predicted octanol–water partition coefficient (Wildman–Crippen LogP) is 4.27. The molecule has 94 valence electrons. The summed E-state index contributed by atoms with van der Waals surface area (Å²) in [5.74, 6) is 0. The molecule has 16 heavy (non-hydrogen) atoms. The smallest absolute Gasteiger partial charge is 0.00684 e. The van der Waals surface area contributed by atoms with Gasteiger partial charge in [-0.25, -0.2) is 0 Å². The second-order valence-electron chi connectivity index (χ2n) is 6.17. The van der Waals surface area contributed by atoms with Gasteiger partial charge in [-0.2, -0.15) is 0 Å². The molecule has 2 saturated carbocycles. The van der Waals surface area contributed by atoms with E-state index in [-0.39, 0.29) is 0 Å². The Kier molecular flexibility index (Phi) is 4.69. The largest absolute Gasteiger partial charge is 0.313 e. The Bertz CT molecular complexity index is 192. The average Bonchev–Trinajstić information content (AvgIpc) is 3.03. The van der Waals surface area contributed by atoms with Gasteiger partial charge in [-0.15, -0.1) is 0 Å². The first-order valence-corrected chi connectivity index (χ1v) is 7.58. The third-order valence-corrected chi connectivity index (χ3v) is 4.57. The van der Waals surface area contributed by atoms with E-state index in [1.165, 1.54) is 77.2 Å². The molecule has 2 rings (SSSR count). The van der Waals surface area contributed by atoms with Gasteiger partial charge in [0.25, 0.3) is 0 Å². The fraction of sp³-hybridized carbons (Fsp3) is 1.00. The molecule has 0 saturated heterocycles. The third-order valence-electron chi connectivity index (χ3n) is 4.57. The standard InChI is InChI=1S/C15H29N/c1-2-3-4-5-6-10-15(11-7-12-15)13-16-14-8-9-14/h14,16H,2-13H2,1H3. The van der Waals surface area contributed by atoms with Crippen LogP contribution in [0.3, 0.4) is 0 Å². The van der Waals surface area contributed by atoms with Crippen molar-refractivity contribution in [3.63, 3.8) is 0 Å². The molecule has 0 heterocycles. The maximum Gasteiger partial charge on any atom is 0.00684 e. The fourth-order valence-electron chi connectivity index (χ4n) is 2.94. The van der Waals surface area contributed by atoms with E-state index in [4.69, 9.17) is 0 Å². The monoisotopic (exact) mass is 223 g/mol. The number of rotatable bonds is 9. The zero-order chi connectivity index (χ0) is 11.3. The van der Waals surface area contributed by atoms with Gasteiger partial charge >= 0.3 is 0 Å². The van der Waals surface area contributed by atoms with Crippen molar-refractivity contribution in [3.05, 3.63) is 0 Å². The molecule has 2 fully saturated rings. The lowest BCUT2D eigenvalue weighted by molar-refractivity contribution is 0.112. The Morgan fingerprint density at radius 3 is 2.38 bits per heavy atom. The normalized spacial score (nSPS) is 23.1. The summed E-state index contributed by atoms with van der Waals surface area (Å²) < 4.78 is 0. The maximum absolute atomic E-state index is 3.75. The average molecular weight is 223 g/mol. The van der Waals surface area contributed by atoms with E-state index < -0.39 is 0 Å². The van der Waals surface area contributed by atoms with E-state index in [9.17, 15) is 0 Å². The second kappa shape index (κ2) is 6.05. The third kappa shape index (κ3) is 3.76. The van der Waals surface area contributed by atoms with Crippen molar-refractivity contribution >= 4 is 0 Å². The van der Waals surface area contributed by atoms with Crippen LogP contribution in [0.15, 0.2) is 0 Å². The molecule has 0 aromatic heterocycles. The van der Waals surface area contributed by atoms with Crippen LogP contribution in [0, 0.1) is 5.41 Å². The van der Waals surface area contributed by atoms with Crippen molar-refractivity contribution in [3.8, 4) is 0 Å². The van der Waals surface area contributed by atoms with Crippen molar-refractivity contribution in [1.29, 1.82) is 0 Å². The molecule has 0 aromatic rings. The van der Waals surface area contributed by atoms with Crippen LogP contribution in [0.1, 0.15) is 77.6 Å². The van der Waals surface area contributed by atoms with Crippen molar-refractivity contribution in [2.24, 2.45) is 5.41 Å². The highest BCUT2D eigenvalue weighted by molar-refractivity contribution is 4.92. The lowest BCUT2D eigenvalue weighted by atomic mass is 9.65. The first-order chi connectivity index (χ1) is 7.85. The lowest BCUT2D eigenvalue weighted by Gasteiger charge is -2.42. The first-order valence-electron chi connectivity index (χ1n) is 7.58. The molecule has 0 radical (unpaired) electrons. The van der Waals surface area contributed by atoms with Crippen LogP contribution in [-0.4, -0.2) is 12.6 Å². The van der Waals surface area contributed by atoms with Gasteiger partial charge < -0.3 is 5.32 Å². The molecule has 0 amide bonds. The molecule has 0 unspecified atom stereocenters. The van der Waals surface area contributed by atoms with Crippen molar-refractivity contribution < 1.29 is 0 Å². The first kappa shape index (κ1) is 12.4. The topological polar surface area (TPSA) is 12.0 Å². The molecular weight excluding hydrogens is 194 g/mol. The van der Waals surface area contributed by atoms with Crippen molar-refractivity contribution in [2.45, 2.75) is 83.6 Å². The Labute approximate surface area is 101 Å². The molecule has 0 aromatic carbocycles. The molecule has 0 atom stereocenters. The zero-order valence-corrected chi connectivity index (χ0v) is 11.1. The molecule has 0 bridgehead atoms. The molecule has 1 nitrogen and oxygen atoms in total. The summed E-state index contributed by atoms with van der Waals surface area (Å²) in [5, 5.41) is 3.75. The minimum Gasteiger partial charge on any atom is -0.313 e. The second-order valence-corrected chi connectivity index (χ2v) is 6.17. The minimum absolute atomic E-state index is 0.731. The SMILES string of the molecule is CCCCCCCC1(CNC2CC2)CCC1. The Morgan fingerprint density at radius 2 is 1.81 bits per heavy atom. The highest BCUT2D eigenvalue weighted by Gasteiger charge is 2.37. The fourth-order valence-corrected chi connectivity index (χ4v) is 2.94. The highest BCUT2D eigenvalue weighted by atomic mass is 15.0. The van der Waals surface area contributed by atoms with Crippen molar-refractivity contribution in [2.75, 3.05) is 6.54 Å². The van der Waals surface area contributed by atoms with Gasteiger partial charge in [-0.3, -0.25) is 0 Å². The van der Waals surface area contributed by atoms with Gasteiger partial charge in [0, 0.05) is 12.6 Å². The van der Waals surface area contributed by atoms with Crippen LogP contribution < -0.4 is 5.32 Å². The highest BCUT2D eigenvalue weighted by Crippen LogP contribution is 2.45. The summed E-state index contributed by atoms with van der Waals surface area (Å²) >= 11 is 0. The molecule has 2 aliphatic rings. The molecule has 0 aliphatic heterocycles. The molecule has 1 N–H and O–H groups in total. The van der Waals surface area contributed by atoms with E-state index in [0.29, 0.717) is 0 Å². The van der Waals surface area contributed by atoms with E-state index in [1.807, 2.05) is 0 Å². The van der Waals surface area contributed by atoms with E-state index >= 15 is 0 Å². The molecule has 2 aliphatic carbocycles.